The van der Waals surface area contributed by atoms with E-state index in [1.54, 1.807) is 0 Å². The minimum absolute atomic E-state index is 0.186. The van der Waals surface area contributed by atoms with Gasteiger partial charge in [-0.15, -0.1) is 0 Å². The minimum Gasteiger partial charge on any atom is -0.341 e. The molecule has 2 aromatic rings. The number of carbonyl (C=O) groups is 1. The minimum atomic E-state index is 0.186. The number of rotatable bonds is 5. The molecule has 0 aliphatic carbocycles. The summed E-state index contributed by atoms with van der Waals surface area (Å²) in [6.45, 7) is 6.92. The molecule has 2 nitrogen and oxygen atoms in total. The van der Waals surface area contributed by atoms with Crippen LogP contribution in [0, 0.1) is 6.92 Å². The second-order valence-electron chi connectivity index (χ2n) is 4.87. The SMILES string of the molecule is CCC(=O)c1ccccc1N(CC)c1ccc(C)cc1. The zero-order valence-corrected chi connectivity index (χ0v) is 12.4. The Bertz CT molecular complexity index is 587. The van der Waals surface area contributed by atoms with Crippen LogP contribution in [0.2, 0.25) is 0 Å². The summed E-state index contributed by atoms with van der Waals surface area (Å²) in [6.07, 6.45) is 0.530. The number of hydrogen-bond donors (Lipinski definition) is 0. The van der Waals surface area contributed by atoms with Crippen molar-refractivity contribution in [2.24, 2.45) is 0 Å². The highest BCUT2D eigenvalue weighted by molar-refractivity contribution is 6.01. The molecule has 0 saturated carbocycles. The lowest BCUT2D eigenvalue weighted by molar-refractivity contribution is 0.0988. The molecule has 2 rings (SSSR count). The van der Waals surface area contributed by atoms with Crippen LogP contribution in [-0.2, 0) is 0 Å². The Morgan fingerprint density at radius 3 is 2.25 bits per heavy atom. The summed E-state index contributed by atoms with van der Waals surface area (Å²) in [5, 5.41) is 0. The number of hydrogen-bond acceptors (Lipinski definition) is 2. The first kappa shape index (κ1) is 14.3. The van der Waals surface area contributed by atoms with Crippen LogP contribution in [0.1, 0.15) is 36.2 Å². The molecule has 0 unspecified atom stereocenters. The van der Waals surface area contributed by atoms with E-state index in [1.165, 1.54) is 5.56 Å². The van der Waals surface area contributed by atoms with Crippen LogP contribution >= 0.6 is 0 Å². The van der Waals surface area contributed by atoms with E-state index in [2.05, 4.69) is 43.0 Å². The third-order valence-corrected chi connectivity index (χ3v) is 3.48. The fourth-order valence-electron chi connectivity index (χ4n) is 2.35. The van der Waals surface area contributed by atoms with Gasteiger partial charge in [0.1, 0.15) is 0 Å². The van der Waals surface area contributed by atoms with E-state index in [0.717, 1.165) is 23.5 Å². The van der Waals surface area contributed by atoms with Crippen molar-refractivity contribution in [3.05, 3.63) is 59.7 Å². The third kappa shape index (κ3) is 2.90. The van der Waals surface area contributed by atoms with Crippen molar-refractivity contribution in [2.75, 3.05) is 11.4 Å². The van der Waals surface area contributed by atoms with E-state index in [1.807, 2.05) is 31.2 Å². The lowest BCUT2D eigenvalue weighted by Gasteiger charge is -2.25. The molecule has 2 aromatic carbocycles. The predicted molar refractivity (Wildman–Crippen MR) is 84.9 cm³/mol. The summed E-state index contributed by atoms with van der Waals surface area (Å²) in [4.78, 5) is 14.3. The summed E-state index contributed by atoms with van der Waals surface area (Å²) in [7, 11) is 0. The van der Waals surface area contributed by atoms with Crippen LogP contribution in [-0.4, -0.2) is 12.3 Å². The van der Waals surface area contributed by atoms with E-state index in [0.29, 0.717) is 6.42 Å². The van der Waals surface area contributed by atoms with Gasteiger partial charge >= 0.3 is 0 Å². The maximum Gasteiger partial charge on any atom is 0.164 e. The zero-order chi connectivity index (χ0) is 14.5. The first-order chi connectivity index (χ1) is 9.67. The highest BCUT2D eigenvalue weighted by atomic mass is 16.1. The Morgan fingerprint density at radius 2 is 1.65 bits per heavy atom. The molecule has 0 radical (unpaired) electrons. The van der Waals surface area contributed by atoms with Gasteiger partial charge in [-0.1, -0.05) is 36.8 Å². The van der Waals surface area contributed by atoms with Crippen molar-refractivity contribution in [1.82, 2.24) is 0 Å². The van der Waals surface area contributed by atoms with E-state index in [4.69, 9.17) is 0 Å². The van der Waals surface area contributed by atoms with Crippen LogP contribution in [0.15, 0.2) is 48.5 Å². The van der Waals surface area contributed by atoms with Crippen LogP contribution in [0.25, 0.3) is 0 Å². The molecule has 0 spiro atoms. The summed E-state index contributed by atoms with van der Waals surface area (Å²) >= 11 is 0. The molecule has 0 aromatic heterocycles. The van der Waals surface area contributed by atoms with Gasteiger partial charge in [-0.2, -0.15) is 0 Å². The van der Waals surface area contributed by atoms with Gasteiger partial charge in [0.05, 0.1) is 5.69 Å². The van der Waals surface area contributed by atoms with Crippen molar-refractivity contribution in [2.45, 2.75) is 27.2 Å². The Hall–Kier alpha value is -2.09. The summed E-state index contributed by atoms with van der Waals surface area (Å²) in [6, 6.07) is 16.3. The lowest BCUT2D eigenvalue weighted by Crippen LogP contribution is -2.19. The standard InChI is InChI=1S/C18H21NO/c1-4-18(20)16-8-6-7-9-17(16)19(5-2)15-12-10-14(3)11-13-15/h6-13H,4-5H2,1-3H3. The van der Waals surface area contributed by atoms with Crippen molar-refractivity contribution >= 4 is 17.2 Å². The maximum absolute atomic E-state index is 12.1. The van der Waals surface area contributed by atoms with Crippen molar-refractivity contribution in [3.63, 3.8) is 0 Å². The van der Waals surface area contributed by atoms with Gasteiger partial charge in [0.15, 0.2) is 5.78 Å². The smallest absolute Gasteiger partial charge is 0.164 e. The topological polar surface area (TPSA) is 20.3 Å². The number of nitrogens with zero attached hydrogens (tertiary/aromatic N) is 1. The van der Waals surface area contributed by atoms with E-state index < -0.39 is 0 Å². The largest absolute Gasteiger partial charge is 0.341 e. The number of Topliss-reactive ketones (excluding diaryl/α,β-unsaturated/α-hetero) is 1. The molecule has 20 heavy (non-hydrogen) atoms. The molecule has 104 valence electrons. The molecular weight excluding hydrogens is 246 g/mol. The van der Waals surface area contributed by atoms with Crippen LogP contribution in [0.4, 0.5) is 11.4 Å². The van der Waals surface area contributed by atoms with Gasteiger partial charge in [0, 0.05) is 24.2 Å². The van der Waals surface area contributed by atoms with Crippen molar-refractivity contribution in [1.29, 1.82) is 0 Å². The Kier molecular flexibility index (Phi) is 4.57. The quantitative estimate of drug-likeness (QED) is 0.729. The molecule has 0 aliphatic heterocycles. The van der Waals surface area contributed by atoms with Crippen LogP contribution < -0.4 is 4.90 Å². The molecule has 0 heterocycles. The molecule has 2 heteroatoms. The fourth-order valence-corrected chi connectivity index (χ4v) is 2.35. The number of anilines is 2. The Labute approximate surface area is 121 Å². The monoisotopic (exact) mass is 267 g/mol. The van der Waals surface area contributed by atoms with Gasteiger partial charge in [-0.25, -0.2) is 0 Å². The fraction of sp³-hybridized carbons (Fsp3) is 0.278. The zero-order valence-electron chi connectivity index (χ0n) is 12.4. The summed E-state index contributed by atoms with van der Waals surface area (Å²) in [5.41, 5.74) is 4.15. The second-order valence-corrected chi connectivity index (χ2v) is 4.87. The van der Waals surface area contributed by atoms with Crippen LogP contribution in [0.3, 0.4) is 0 Å². The highest BCUT2D eigenvalue weighted by Crippen LogP contribution is 2.29. The highest BCUT2D eigenvalue weighted by Gasteiger charge is 2.15. The van der Waals surface area contributed by atoms with Gasteiger partial charge in [0.25, 0.3) is 0 Å². The van der Waals surface area contributed by atoms with Gasteiger partial charge < -0.3 is 4.90 Å². The predicted octanol–water partition coefficient (Wildman–Crippen LogP) is 4.75. The number of ketones is 1. The molecule has 0 atom stereocenters. The van der Waals surface area contributed by atoms with Gasteiger partial charge in [-0.3, -0.25) is 4.79 Å². The second kappa shape index (κ2) is 6.38. The first-order valence-electron chi connectivity index (χ1n) is 7.13. The number of para-hydroxylation sites is 1. The number of carbonyl (C=O) groups excluding carboxylic acids is 1. The summed E-state index contributed by atoms with van der Waals surface area (Å²) in [5.74, 6) is 0.186. The Balaban J connectivity index is 2.47. The van der Waals surface area contributed by atoms with Crippen molar-refractivity contribution < 1.29 is 4.79 Å². The van der Waals surface area contributed by atoms with Gasteiger partial charge in [-0.05, 0) is 38.1 Å². The molecule has 0 saturated heterocycles. The molecule has 0 bridgehead atoms. The number of benzene rings is 2. The molecule has 0 fully saturated rings. The normalized spacial score (nSPS) is 10.3. The Morgan fingerprint density at radius 1 is 1.00 bits per heavy atom. The number of aryl methyl sites for hydroxylation is 1. The first-order valence-corrected chi connectivity index (χ1v) is 7.13. The van der Waals surface area contributed by atoms with E-state index in [9.17, 15) is 4.79 Å². The molecule has 0 aliphatic rings. The van der Waals surface area contributed by atoms with Crippen LogP contribution in [0.5, 0.6) is 0 Å². The average molecular weight is 267 g/mol. The van der Waals surface area contributed by atoms with Crippen molar-refractivity contribution in [3.8, 4) is 0 Å². The maximum atomic E-state index is 12.1. The van der Waals surface area contributed by atoms with Gasteiger partial charge in [0.2, 0.25) is 0 Å². The average Bonchev–Trinajstić information content (AvgIpc) is 2.49. The summed E-state index contributed by atoms with van der Waals surface area (Å²) < 4.78 is 0. The molecule has 0 amide bonds. The molecular formula is C18H21NO. The van der Waals surface area contributed by atoms with E-state index in [-0.39, 0.29) is 5.78 Å². The lowest BCUT2D eigenvalue weighted by atomic mass is 10.0. The molecule has 0 N–H and O–H groups in total. The third-order valence-electron chi connectivity index (χ3n) is 3.48. The van der Waals surface area contributed by atoms with E-state index >= 15 is 0 Å².